The number of benzene rings is 3. The van der Waals surface area contributed by atoms with E-state index >= 15 is 0 Å². The van der Waals surface area contributed by atoms with Crippen molar-refractivity contribution in [3.63, 3.8) is 0 Å². The number of anilines is 1. The molecule has 0 atom stereocenters. The summed E-state index contributed by atoms with van der Waals surface area (Å²) in [5, 5.41) is 5.17. The third-order valence-electron chi connectivity index (χ3n) is 4.93. The van der Waals surface area contributed by atoms with Gasteiger partial charge in [-0.1, -0.05) is 24.3 Å². The number of rotatable bonds is 7. The number of aromatic nitrogens is 1. The van der Waals surface area contributed by atoms with Crippen LogP contribution in [0.2, 0.25) is 0 Å². The second-order valence-corrected chi connectivity index (χ2v) is 7.91. The van der Waals surface area contributed by atoms with E-state index in [-0.39, 0.29) is 11.7 Å². The standard InChI is InChI=1S/C26H21FN2O3S/c1-31-22-11-8-17(9-12-22)23-16-33-26(28-23)29-25(30)13-10-18-6-7-20(15-24(18)32-2)19-4-3-5-21(27)14-19/h3-16H,1-2H3,(H,28,29,30)/b13-10+. The summed E-state index contributed by atoms with van der Waals surface area (Å²) in [6.45, 7) is 0. The summed E-state index contributed by atoms with van der Waals surface area (Å²) in [4.78, 5) is 16.9. The molecule has 1 amide bonds. The number of hydrogen-bond acceptors (Lipinski definition) is 5. The van der Waals surface area contributed by atoms with E-state index in [9.17, 15) is 9.18 Å². The number of carbonyl (C=O) groups excluding carboxylic acids is 1. The van der Waals surface area contributed by atoms with E-state index in [4.69, 9.17) is 9.47 Å². The first-order valence-electron chi connectivity index (χ1n) is 10.1. The lowest BCUT2D eigenvalue weighted by Gasteiger charge is -2.08. The first kappa shape index (κ1) is 22.2. The van der Waals surface area contributed by atoms with Crippen molar-refractivity contribution in [2.24, 2.45) is 0 Å². The maximum Gasteiger partial charge on any atom is 0.250 e. The van der Waals surface area contributed by atoms with Gasteiger partial charge in [0, 0.05) is 22.6 Å². The van der Waals surface area contributed by atoms with Crippen molar-refractivity contribution < 1.29 is 18.7 Å². The monoisotopic (exact) mass is 460 g/mol. The van der Waals surface area contributed by atoms with Gasteiger partial charge in [-0.3, -0.25) is 10.1 Å². The molecule has 1 aromatic heterocycles. The number of hydrogen-bond donors (Lipinski definition) is 1. The predicted molar refractivity (Wildman–Crippen MR) is 130 cm³/mol. The summed E-state index contributed by atoms with van der Waals surface area (Å²) in [6.07, 6.45) is 3.09. The molecule has 0 saturated carbocycles. The van der Waals surface area contributed by atoms with E-state index in [1.807, 2.05) is 53.9 Å². The molecule has 1 N–H and O–H groups in total. The summed E-state index contributed by atoms with van der Waals surface area (Å²) >= 11 is 1.35. The highest BCUT2D eigenvalue weighted by Gasteiger charge is 2.08. The first-order chi connectivity index (χ1) is 16.1. The van der Waals surface area contributed by atoms with Crippen molar-refractivity contribution in [2.45, 2.75) is 0 Å². The lowest BCUT2D eigenvalue weighted by molar-refractivity contribution is -0.111. The molecule has 33 heavy (non-hydrogen) atoms. The Hall–Kier alpha value is -3.97. The minimum Gasteiger partial charge on any atom is -0.497 e. The van der Waals surface area contributed by atoms with Gasteiger partial charge in [0.25, 0.3) is 0 Å². The highest BCUT2D eigenvalue weighted by Crippen LogP contribution is 2.29. The molecule has 0 bridgehead atoms. The molecule has 4 aromatic rings. The third kappa shape index (κ3) is 5.45. The van der Waals surface area contributed by atoms with E-state index in [2.05, 4.69) is 10.3 Å². The number of amides is 1. The van der Waals surface area contributed by atoms with E-state index in [0.717, 1.165) is 33.7 Å². The Morgan fingerprint density at radius 2 is 1.73 bits per heavy atom. The van der Waals surface area contributed by atoms with Gasteiger partial charge >= 0.3 is 0 Å². The zero-order chi connectivity index (χ0) is 23.2. The molecule has 0 radical (unpaired) electrons. The van der Waals surface area contributed by atoms with Crippen LogP contribution >= 0.6 is 11.3 Å². The maximum atomic E-state index is 13.5. The van der Waals surface area contributed by atoms with Gasteiger partial charge in [0.05, 0.1) is 19.9 Å². The summed E-state index contributed by atoms with van der Waals surface area (Å²) in [7, 11) is 3.17. The lowest BCUT2D eigenvalue weighted by Crippen LogP contribution is -2.07. The average Bonchev–Trinajstić information content (AvgIpc) is 3.31. The Morgan fingerprint density at radius 3 is 2.45 bits per heavy atom. The zero-order valence-corrected chi connectivity index (χ0v) is 18.9. The number of thiazole rings is 1. The number of halogens is 1. The Bertz CT molecular complexity index is 1300. The topological polar surface area (TPSA) is 60.5 Å². The van der Waals surface area contributed by atoms with E-state index in [1.165, 1.54) is 29.5 Å². The fourth-order valence-electron chi connectivity index (χ4n) is 3.23. The van der Waals surface area contributed by atoms with Gasteiger partial charge < -0.3 is 9.47 Å². The second-order valence-electron chi connectivity index (χ2n) is 7.06. The van der Waals surface area contributed by atoms with Crippen molar-refractivity contribution in [3.8, 4) is 33.9 Å². The van der Waals surface area contributed by atoms with Crippen LogP contribution < -0.4 is 14.8 Å². The fraction of sp³-hybridized carbons (Fsp3) is 0.0769. The molecule has 5 nitrogen and oxygen atoms in total. The smallest absolute Gasteiger partial charge is 0.250 e. The number of carbonyl (C=O) groups is 1. The lowest BCUT2D eigenvalue weighted by atomic mass is 10.0. The Kier molecular flexibility index (Phi) is 6.80. The van der Waals surface area contributed by atoms with E-state index < -0.39 is 0 Å². The zero-order valence-electron chi connectivity index (χ0n) is 18.0. The SMILES string of the molecule is COc1ccc(-c2csc(NC(=O)/C=C/c3ccc(-c4cccc(F)c4)cc3OC)n2)cc1. The molecular formula is C26H21FN2O3S. The highest BCUT2D eigenvalue weighted by atomic mass is 32.1. The second kappa shape index (κ2) is 10.1. The molecule has 0 aliphatic rings. The molecule has 0 fully saturated rings. The van der Waals surface area contributed by atoms with Crippen LogP contribution in [0, 0.1) is 5.82 Å². The fourth-order valence-corrected chi connectivity index (χ4v) is 3.96. The van der Waals surface area contributed by atoms with Crippen LogP contribution in [-0.2, 0) is 4.79 Å². The maximum absolute atomic E-state index is 13.5. The van der Waals surface area contributed by atoms with Gasteiger partial charge in [0.2, 0.25) is 5.91 Å². The van der Waals surface area contributed by atoms with Crippen molar-refractivity contribution >= 4 is 28.5 Å². The Labute approximate surface area is 195 Å². The summed E-state index contributed by atoms with van der Waals surface area (Å²) in [6, 6.07) is 19.4. The van der Waals surface area contributed by atoms with Crippen molar-refractivity contribution in [1.29, 1.82) is 0 Å². The van der Waals surface area contributed by atoms with Gasteiger partial charge in [0.15, 0.2) is 5.13 Å². The first-order valence-corrected chi connectivity index (χ1v) is 11.0. The summed E-state index contributed by atoms with van der Waals surface area (Å²) in [5.41, 5.74) is 4.01. The number of nitrogens with zero attached hydrogens (tertiary/aromatic N) is 1. The molecule has 3 aromatic carbocycles. The molecule has 1 heterocycles. The van der Waals surface area contributed by atoms with Crippen LogP contribution in [0.3, 0.4) is 0 Å². The van der Waals surface area contributed by atoms with Crippen LogP contribution in [0.15, 0.2) is 78.2 Å². The Balaban J connectivity index is 1.44. The molecule has 7 heteroatoms. The minimum atomic E-state index is -0.304. The number of methoxy groups -OCH3 is 2. The molecule has 0 saturated heterocycles. The Morgan fingerprint density at radius 1 is 0.970 bits per heavy atom. The predicted octanol–water partition coefficient (Wildman–Crippen LogP) is 6.29. The van der Waals surface area contributed by atoms with Crippen LogP contribution in [-0.4, -0.2) is 25.1 Å². The van der Waals surface area contributed by atoms with Crippen LogP contribution in [0.25, 0.3) is 28.5 Å². The van der Waals surface area contributed by atoms with E-state index in [1.54, 1.807) is 26.4 Å². The average molecular weight is 461 g/mol. The largest absolute Gasteiger partial charge is 0.497 e. The minimum absolute atomic E-state index is 0.301. The third-order valence-corrected chi connectivity index (χ3v) is 5.68. The van der Waals surface area contributed by atoms with Gasteiger partial charge in [-0.25, -0.2) is 9.37 Å². The summed E-state index contributed by atoms with van der Waals surface area (Å²) in [5.74, 6) is 0.746. The summed E-state index contributed by atoms with van der Waals surface area (Å²) < 4.78 is 24.2. The van der Waals surface area contributed by atoms with Crippen LogP contribution in [0.4, 0.5) is 9.52 Å². The molecule has 4 rings (SSSR count). The van der Waals surface area contributed by atoms with Crippen LogP contribution in [0.1, 0.15) is 5.56 Å². The highest BCUT2D eigenvalue weighted by molar-refractivity contribution is 7.14. The molecular weight excluding hydrogens is 439 g/mol. The quantitative estimate of drug-likeness (QED) is 0.330. The van der Waals surface area contributed by atoms with E-state index in [0.29, 0.717) is 10.9 Å². The van der Waals surface area contributed by atoms with Gasteiger partial charge in [-0.05, 0) is 59.7 Å². The van der Waals surface area contributed by atoms with Crippen molar-refractivity contribution in [1.82, 2.24) is 4.98 Å². The molecule has 166 valence electrons. The van der Waals surface area contributed by atoms with Crippen molar-refractivity contribution in [3.05, 3.63) is 89.6 Å². The van der Waals surface area contributed by atoms with Crippen molar-refractivity contribution in [2.75, 3.05) is 19.5 Å². The molecule has 0 unspecified atom stereocenters. The normalized spacial score (nSPS) is 10.9. The van der Waals surface area contributed by atoms with Gasteiger partial charge in [-0.15, -0.1) is 11.3 Å². The number of ether oxygens (including phenoxy) is 2. The van der Waals surface area contributed by atoms with Crippen LogP contribution in [0.5, 0.6) is 11.5 Å². The molecule has 0 spiro atoms. The van der Waals surface area contributed by atoms with Gasteiger partial charge in [-0.2, -0.15) is 0 Å². The molecule has 0 aliphatic carbocycles. The molecule has 0 aliphatic heterocycles. The van der Waals surface area contributed by atoms with Gasteiger partial charge in [0.1, 0.15) is 17.3 Å². The number of nitrogens with one attached hydrogen (secondary N) is 1.